The highest BCUT2D eigenvalue weighted by atomic mass is 32.2. The van der Waals surface area contributed by atoms with Gasteiger partial charge in [-0.25, -0.2) is 4.72 Å². The van der Waals surface area contributed by atoms with Crippen molar-refractivity contribution >= 4 is 16.2 Å². The average Bonchev–Trinajstić information content (AvgIpc) is 2.86. The Hall–Kier alpha value is -0.660. The number of carboxylic acids is 1. The third-order valence-electron chi connectivity index (χ3n) is 2.14. The van der Waals surface area contributed by atoms with E-state index in [1.54, 1.807) is 6.92 Å². The Kier molecular flexibility index (Phi) is 4.06. The van der Waals surface area contributed by atoms with Gasteiger partial charge in [0.15, 0.2) is 0 Å². The molecule has 7 heteroatoms. The van der Waals surface area contributed by atoms with E-state index < -0.39 is 22.7 Å². The molecule has 2 N–H and O–H groups in total. The Morgan fingerprint density at radius 3 is 2.53 bits per heavy atom. The largest absolute Gasteiger partial charge is 0.480 e. The van der Waals surface area contributed by atoms with Crippen LogP contribution in [0.25, 0.3) is 0 Å². The van der Waals surface area contributed by atoms with Gasteiger partial charge in [-0.2, -0.15) is 12.7 Å². The molecule has 0 bridgehead atoms. The van der Waals surface area contributed by atoms with Gasteiger partial charge in [0, 0.05) is 13.1 Å². The Bertz CT molecular complexity index is 324. The minimum absolute atomic E-state index is 0.267. The first-order valence-corrected chi connectivity index (χ1v) is 6.36. The van der Waals surface area contributed by atoms with E-state index in [0.29, 0.717) is 12.5 Å². The molecule has 0 heterocycles. The fourth-order valence-corrected chi connectivity index (χ4v) is 2.50. The van der Waals surface area contributed by atoms with Gasteiger partial charge >= 0.3 is 5.97 Å². The molecule has 1 rings (SSSR count). The zero-order chi connectivity index (χ0) is 11.5. The van der Waals surface area contributed by atoms with Crippen LogP contribution in [0.4, 0.5) is 0 Å². The first-order valence-electron chi connectivity index (χ1n) is 4.92. The van der Waals surface area contributed by atoms with Gasteiger partial charge in [0.2, 0.25) is 0 Å². The smallest absolute Gasteiger partial charge is 0.318 e. The van der Waals surface area contributed by atoms with Crippen LogP contribution in [0.2, 0.25) is 0 Å². The average molecular weight is 236 g/mol. The van der Waals surface area contributed by atoms with Crippen molar-refractivity contribution in [2.75, 3.05) is 19.6 Å². The summed E-state index contributed by atoms with van der Waals surface area (Å²) in [7, 11) is -3.62. The van der Waals surface area contributed by atoms with Crippen molar-refractivity contribution in [1.82, 2.24) is 9.03 Å². The normalized spacial score (nSPS) is 16.9. The molecular weight excluding hydrogens is 220 g/mol. The molecule has 0 unspecified atom stereocenters. The standard InChI is InChI=1S/C8H16N2O4S/c1-2-9-15(13,14)10(6-8(11)12)5-7-3-4-7/h7,9H,2-6H2,1H3,(H,11,12). The van der Waals surface area contributed by atoms with Crippen LogP contribution < -0.4 is 4.72 Å². The summed E-state index contributed by atoms with van der Waals surface area (Å²) in [6.07, 6.45) is 1.97. The minimum Gasteiger partial charge on any atom is -0.480 e. The van der Waals surface area contributed by atoms with Crippen molar-refractivity contribution in [3.63, 3.8) is 0 Å². The molecule has 0 aromatic rings. The molecule has 0 aromatic carbocycles. The van der Waals surface area contributed by atoms with Gasteiger partial charge in [-0.15, -0.1) is 0 Å². The summed E-state index contributed by atoms with van der Waals surface area (Å²) in [4.78, 5) is 10.5. The Morgan fingerprint density at radius 2 is 2.13 bits per heavy atom. The Morgan fingerprint density at radius 1 is 1.53 bits per heavy atom. The van der Waals surface area contributed by atoms with Gasteiger partial charge in [0.1, 0.15) is 6.54 Å². The molecule has 1 fully saturated rings. The highest BCUT2D eigenvalue weighted by molar-refractivity contribution is 7.87. The van der Waals surface area contributed by atoms with Crippen molar-refractivity contribution in [2.24, 2.45) is 5.92 Å². The SMILES string of the molecule is CCNS(=O)(=O)N(CC(=O)O)CC1CC1. The van der Waals surface area contributed by atoms with Crippen LogP contribution in [0, 0.1) is 5.92 Å². The fraction of sp³-hybridized carbons (Fsp3) is 0.875. The van der Waals surface area contributed by atoms with Gasteiger partial charge in [-0.3, -0.25) is 4.79 Å². The predicted octanol–water partition coefficient (Wildman–Crippen LogP) is -0.363. The van der Waals surface area contributed by atoms with E-state index in [-0.39, 0.29) is 6.54 Å². The lowest BCUT2D eigenvalue weighted by Crippen LogP contribution is -2.44. The van der Waals surface area contributed by atoms with Crippen molar-refractivity contribution in [1.29, 1.82) is 0 Å². The molecule has 1 aliphatic carbocycles. The number of aliphatic carboxylic acids is 1. The van der Waals surface area contributed by atoms with Gasteiger partial charge < -0.3 is 5.11 Å². The van der Waals surface area contributed by atoms with Crippen molar-refractivity contribution in [2.45, 2.75) is 19.8 Å². The van der Waals surface area contributed by atoms with E-state index >= 15 is 0 Å². The van der Waals surface area contributed by atoms with Crippen LogP contribution >= 0.6 is 0 Å². The lowest BCUT2D eigenvalue weighted by atomic mass is 10.4. The lowest BCUT2D eigenvalue weighted by Gasteiger charge is -2.19. The zero-order valence-electron chi connectivity index (χ0n) is 8.64. The Labute approximate surface area is 89.4 Å². The molecule has 1 aliphatic rings. The molecule has 0 spiro atoms. The molecule has 1 saturated carbocycles. The quantitative estimate of drug-likeness (QED) is 0.632. The second-order valence-electron chi connectivity index (χ2n) is 3.63. The van der Waals surface area contributed by atoms with Crippen molar-refractivity contribution in [3.8, 4) is 0 Å². The van der Waals surface area contributed by atoms with E-state index in [4.69, 9.17) is 5.11 Å². The Balaban J connectivity index is 2.64. The fourth-order valence-electron chi connectivity index (χ4n) is 1.26. The summed E-state index contributed by atoms with van der Waals surface area (Å²) in [5, 5.41) is 8.61. The van der Waals surface area contributed by atoms with Gasteiger partial charge in [0.05, 0.1) is 0 Å². The molecule has 0 saturated heterocycles. The van der Waals surface area contributed by atoms with E-state index in [9.17, 15) is 13.2 Å². The lowest BCUT2D eigenvalue weighted by molar-refractivity contribution is -0.137. The van der Waals surface area contributed by atoms with Crippen LogP contribution in [0.15, 0.2) is 0 Å². The third-order valence-corrected chi connectivity index (χ3v) is 3.75. The van der Waals surface area contributed by atoms with Crippen LogP contribution in [0.1, 0.15) is 19.8 Å². The number of rotatable bonds is 7. The molecule has 6 nitrogen and oxygen atoms in total. The minimum atomic E-state index is -3.62. The number of nitrogens with one attached hydrogen (secondary N) is 1. The third kappa shape index (κ3) is 4.15. The summed E-state index contributed by atoms with van der Waals surface area (Å²) in [6.45, 7) is 1.77. The zero-order valence-corrected chi connectivity index (χ0v) is 9.46. The van der Waals surface area contributed by atoms with E-state index in [2.05, 4.69) is 4.72 Å². The molecule has 0 amide bonds. The molecule has 0 atom stereocenters. The van der Waals surface area contributed by atoms with Gasteiger partial charge in [-0.05, 0) is 18.8 Å². The topological polar surface area (TPSA) is 86.7 Å². The van der Waals surface area contributed by atoms with Crippen LogP contribution in [-0.4, -0.2) is 43.4 Å². The number of hydrogen-bond donors (Lipinski definition) is 2. The highest BCUT2D eigenvalue weighted by Gasteiger charge is 2.31. The summed E-state index contributed by atoms with van der Waals surface area (Å²) < 4.78 is 26.5. The summed E-state index contributed by atoms with van der Waals surface area (Å²) in [5.41, 5.74) is 0. The number of hydrogen-bond acceptors (Lipinski definition) is 3. The van der Waals surface area contributed by atoms with Crippen LogP contribution in [-0.2, 0) is 15.0 Å². The van der Waals surface area contributed by atoms with Gasteiger partial charge in [-0.1, -0.05) is 6.92 Å². The molecule has 88 valence electrons. The van der Waals surface area contributed by atoms with Crippen LogP contribution in [0.3, 0.4) is 0 Å². The number of carboxylic acid groups (broad SMARTS) is 1. The molecule has 0 aromatic heterocycles. The number of carbonyl (C=O) groups is 1. The highest BCUT2D eigenvalue weighted by Crippen LogP contribution is 2.30. The first kappa shape index (κ1) is 12.4. The molecule has 0 radical (unpaired) electrons. The first-order chi connectivity index (χ1) is 6.95. The summed E-state index contributed by atoms with van der Waals surface area (Å²) >= 11 is 0. The maximum absolute atomic E-state index is 11.6. The van der Waals surface area contributed by atoms with Crippen LogP contribution in [0.5, 0.6) is 0 Å². The van der Waals surface area contributed by atoms with E-state index in [0.717, 1.165) is 17.1 Å². The predicted molar refractivity (Wildman–Crippen MR) is 54.5 cm³/mol. The molecular formula is C8H16N2O4S. The van der Waals surface area contributed by atoms with Crippen molar-refractivity contribution in [3.05, 3.63) is 0 Å². The second-order valence-corrected chi connectivity index (χ2v) is 5.39. The molecule has 15 heavy (non-hydrogen) atoms. The number of nitrogens with zero attached hydrogens (tertiary/aromatic N) is 1. The summed E-state index contributed by atoms with van der Waals surface area (Å²) in [6, 6.07) is 0. The molecule has 0 aliphatic heterocycles. The maximum Gasteiger partial charge on any atom is 0.318 e. The monoisotopic (exact) mass is 236 g/mol. The second kappa shape index (κ2) is 4.91. The van der Waals surface area contributed by atoms with Gasteiger partial charge in [0.25, 0.3) is 10.2 Å². The maximum atomic E-state index is 11.6. The van der Waals surface area contributed by atoms with E-state index in [1.165, 1.54) is 0 Å². The van der Waals surface area contributed by atoms with E-state index in [1.807, 2.05) is 0 Å². The van der Waals surface area contributed by atoms with Crippen molar-refractivity contribution < 1.29 is 18.3 Å². The summed E-state index contributed by atoms with van der Waals surface area (Å²) in [5.74, 6) is -0.796.